The highest BCUT2D eigenvalue weighted by molar-refractivity contribution is 6.30. The molecule has 1 unspecified atom stereocenters. The van der Waals surface area contributed by atoms with Gasteiger partial charge in [-0.25, -0.2) is 0 Å². The summed E-state index contributed by atoms with van der Waals surface area (Å²) >= 11 is 6.04. The zero-order valence-corrected chi connectivity index (χ0v) is 12.0. The second-order valence-electron chi connectivity index (χ2n) is 5.47. The molecular formula is C15H18ClN3. The number of aromatic nitrogens is 2. The van der Waals surface area contributed by atoms with Gasteiger partial charge in [-0.1, -0.05) is 17.7 Å². The van der Waals surface area contributed by atoms with E-state index in [1.807, 2.05) is 16.9 Å². The van der Waals surface area contributed by atoms with Gasteiger partial charge in [-0.15, -0.1) is 0 Å². The molecule has 0 bridgehead atoms. The molecule has 0 radical (unpaired) electrons. The molecule has 0 saturated carbocycles. The van der Waals surface area contributed by atoms with E-state index in [0.29, 0.717) is 12.1 Å². The molecule has 0 spiro atoms. The maximum atomic E-state index is 6.04. The van der Waals surface area contributed by atoms with Crippen LogP contribution in [-0.4, -0.2) is 15.8 Å². The fourth-order valence-corrected chi connectivity index (χ4v) is 2.81. The summed E-state index contributed by atoms with van der Waals surface area (Å²) in [5, 5.41) is 8.74. The summed E-state index contributed by atoms with van der Waals surface area (Å²) in [6.45, 7) is 4.26. The van der Waals surface area contributed by atoms with Crippen LogP contribution in [0.4, 0.5) is 5.69 Å². The normalized spacial score (nSPS) is 17.8. The van der Waals surface area contributed by atoms with E-state index >= 15 is 0 Å². The first-order valence-electron chi connectivity index (χ1n) is 6.70. The van der Waals surface area contributed by atoms with Crippen LogP contribution in [0.2, 0.25) is 5.02 Å². The summed E-state index contributed by atoms with van der Waals surface area (Å²) in [6, 6.07) is 7.03. The number of nitrogens with zero attached hydrogens (tertiary/aromatic N) is 2. The molecule has 0 aliphatic heterocycles. The predicted molar refractivity (Wildman–Crippen MR) is 78.9 cm³/mol. The summed E-state index contributed by atoms with van der Waals surface area (Å²) in [5.41, 5.74) is 3.86. The van der Waals surface area contributed by atoms with E-state index in [1.165, 1.54) is 11.1 Å². The monoisotopic (exact) mass is 275 g/mol. The average Bonchev–Trinajstić information content (AvgIpc) is 2.95. The average molecular weight is 276 g/mol. The van der Waals surface area contributed by atoms with Gasteiger partial charge in [0, 0.05) is 23.3 Å². The first-order chi connectivity index (χ1) is 9.11. The molecule has 3 rings (SSSR count). The number of hydrogen-bond acceptors (Lipinski definition) is 2. The molecule has 2 aromatic rings. The van der Waals surface area contributed by atoms with Crippen LogP contribution < -0.4 is 5.32 Å². The van der Waals surface area contributed by atoms with Gasteiger partial charge in [0.1, 0.15) is 0 Å². The molecule has 3 nitrogen and oxygen atoms in total. The Labute approximate surface area is 118 Å². The van der Waals surface area contributed by atoms with Gasteiger partial charge in [-0.05, 0) is 49.9 Å². The van der Waals surface area contributed by atoms with Crippen molar-refractivity contribution >= 4 is 17.3 Å². The quantitative estimate of drug-likeness (QED) is 0.926. The summed E-state index contributed by atoms with van der Waals surface area (Å²) in [6.07, 6.45) is 6.05. The lowest BCUT2D eigenvalue weighted by Gasteiger charge is -2.11. The van der Waals surface area contributed by atoms with Crippen molar-refractivity contribution < 1.29 is 0 Å². The molecule has 19 heavy (non-hydrogen) atoms. The smallest absolute Gasteiger partial charge is 0.0728 e. The molecule has 1 atom stereocenters. The Balaban J connectivity index is 1.69. The van der Waals surface area contributed by atoms with Crippen LogP contribution in [0.25, 0.3) is 0 Å². The van der Waals surface area contributed by atoms with Crippen molar-refractivity contribution in [1.82, 2.24) is 9.78 Å². The molecule has 1 N–H and O–H groups in total. The van der Waals surface area contributed by atoms with Crippen LogP contribution in [-0.2, 0) is 12.8 Å². The van der Waals surface area contributed by atoms with Crippen LogP contribution in [0.3, 0.4) is 0 Å². The standard InChI is InChI=1S/C15H18ClN3/c1-10(2)19-9-15(8-17-19)18-14-6-11-3-4-13(16)5-12(11)7-14/h3-5,8-10,14,18H,6-7H2,1-2H3. The highest BCUT2D eigenvalue weighted by Crippen LogP contribution is 2.27. The van der Waals surface area contributed by atoms with Crippen LogP contribution in [0.1, 0.15) is 31.0 Å². The Morgan fingerprint density at radius 1 is 1.32 bits per heavy atom. The van der Waals surface area contributed by atoms with Gasteiger partial charge in [0.05, 0.1) is 11.9 Å². The number of halogens is 1. The van der Waals surface area contributed by atoms with Crippen LogP contribution >= 0.6 is 11.6 Å². The SMILES string of the molecule is CC(C)n1cc(NC2Cc3ccc(Cl)cc3C2)cn1. The second kappa shape index (κ2) is 4.89. The number of hydrogen-bond donors (Lipinski definition) is 1. The van der Waals surface area contributed by atoms with Gasteiger partial charge >= 0.3 is 0 Å². The molecule has 1 aromatic heterocycles. The molecule has 1 heterocycles. The van der Waals surface area contributed by atoms with Crippen molar-refractivity contribution in [1.29, 1.82) is 0 Å². The molecule has 0 saturated heterocycles. The topological polar surface area (TPSA) is 29.9 Å². The Morgan fingerprint density at radius 2 is 2.11 bits per heavy atom. The number of benzene rings is 1. The third kappa shape index (κ3) is 2.61. The summed E-state index contributed by atoms with van der Waals surface area (Å²) in [4.78, 5) is 0. The molecule has 1 aliphatic rings. The Bertz CT molecular complexity index is 589. The third-order valence-corrected chi connectivity index (χ3v) is 3.84. The van der Waals surface area contributed by atoms with Gasteiger partial charge in [-0.2, -0.15) is 5.10 Å². The fraction of sp³-hybridized carbons (Fsp3) is 0.400. The van der Waals surface area contributed by atoms with Gasteiger partial charge < -0.3 is 5.32 Å². The van der Waals surface area contributed by atoms with Gasteiger partial charge in [0.25, 0.3) is 0 Å². The minimum Gasteiger partial charge on any atom is -0.379 e. The molecule has 4 heteroatoms. The number of nitrogens with one attached hydrogen (secondary N) is 1. The van der Waals surface area contributed by atoms with Crippen LogP contribution in [0.15, 0.2) is 30.6 Å². The highest BCUT2D eigenvalue weighted by Gasteiger charge is 2.21. The first kappa shape index (κ1) is 12.5. The first-order valence-corrected chi connectivity index (χ1v) is 7.07. The molecule has 1 aliphatic carbocycles. The maximum absolute atomic E-state index is 6.04. The second-order valence-corrected chi connectivity index (χ2v) is 5.90. The van der Waals surface area contributed by atoms with E-state index in [4.69, 9.17) is 11.6 Å². The third-order valence-electron chi connectivity index (χ3n) is 3.60. The van der Waals surface area contributed by atoms with E-state index in [9.17, 15) is 0 Å². The lowest BCUT2D eigenvalue weighted by molar-refractivity contribution is 0.532. The van der Waals surface area contributed by atoms with Crippen molar-refractivity contribution in [3.8, 4) is 0 Å². The van der Waals surface area contributed by atoms with Crippen molar-refractivity contribution in [3.63, 3.8) is 0 Å². The zero-order chi connectivity index (χ0) is 13.4. The fourth-order valence-electron chi connectivity index (χ4n) is 2.62. The lowest BCUT2D eigenvalue weighted by Crippen LogP contribution is -2.19. The molecule has 100 valence electrons. The number of anilines is 1. The van der Waals surface area contributed by atoms with Crippen molar-refractivity contribution in [2.75, 3.05) is 5.32 Å². The lowest BCUT2D eigenvalue weighted by atomic mass is 10.1. The van der Waals surface area contributed by atoms with E-state index in [2.05, 4.69) is 42.6 Å². The predicted octanol–water partition coefficient (Wildman–Crippen LogP) is 3.70. The number of rotatable bonds is 3. The van der Waals surface area contributed by atoms with Crippen molar-refractivity contribution in [2.24, 2.45) is 0 Å². The molecular weight excluding hydrogens is 258 g/mol. The Morgan fingerprint density at radius 3 is 2.84 bits per heavy atom. The Hall–Kier alpha value is -1.48. The van der Waals surface area contributed by atoms with Crippen LogP contribution in [0.5, 0.6) is 0 Å². The summed E-state index contributed by atoms with van der Waals surface area (Å²) in [5.74, 6) is 0. The minimum absolute atomic E-state index is 0.398. The van der Waals surface area contributed by atoms with E-state index in [1.54, 1.807) is 0 Å². The number of fused-ring (bicyclic) bond motifs is 1. The highest BCUT2D eigenvalue weighted by atomic mass is 35.5. The van der Waals surface area contributed by atoms with Gasteiger partial charge in [0.15, 0.2) is 0 Å². The van der Waals surface area contributed by atoms with Crippen molar-refractivity contribution in [3.05, 3.63) is 46.7 Å². The molecule has 0 fully saturated rings. The zero-order valence-electron chi connectivity index (χ0n) is 11.2. The van der Waals surface area contributed by atoms with E-state index in [-0.39, 0.29) is 0 Å². The van der Waals surface area contributed by atoms with Crippen molar-refractivity contribution in [2.45, 2.75) is 38.8 Å². The summed E-state index contributed by atoms with van der Waals surface area (Å²) < 4.78 is 1.97. The largest absolute Gasteiger partial charge is 0.379 e. The van der Waals surface area contributed by atoms with E-state index < -0.39 is 0 Å². The minimum atomic E-state index is 0.398. The van der Waals surface area contributed by atoms with Gasteiger partial charge in [0.2, 0.25) is 0 Å². The molecule has 0 amide bonds. The van der Waals surface area contributed by atoms with Crippen LogP contribution in [0, 0.1) is 0 Å². The van der Waals surface area contributed by atoms with Gasteiger partial charge in [-0.3, -0.25) is 4.68 Å². The Kier molecular flexibility index (Phi) is 3.23. The van der Waals surface area contributed by atoms with E-state index in [0.717, 1.165) is 23.6 Å². The maximum Gasteiger partial charge on any atom is 0.0728 e. The summed E-state index contributed by atoms with van der Waals surface area (Å²) in [7, 11) is 0. The molecule has 1 aromatic carbocycles.